The summed E-state index contributed by atoms with van der Waals surface area (Å²) >= 11 is 0. The van der Waals surface area contributed by atoms with Crippen molar-refractivity contribution >= 4 is 5.82 Å². The van der Waals surface area contributed by atoms with E-state index in [0.29, 0.717) is 18.5 Å². The van der Waals surface area contributed by atoms with Gasteiger partial charge in [-0.05, 0) is 38.3 Å². The summed E-state index contributed by atoms with van der Waals surface area (Å²) in [5.74, 6) is 0.752. The van der Waals surface area contributed by atoms with Gasteiger partial charge in [0, 0.05) is 37.9 Å². The van der Waals surface area contributed by atoms with Crippen molar-refractivity contribution in [1.82, 2.24) is 9.88 Å². The van der Waals surface area contributed by atoms with Gasteiger partial charge in [0.15, 0.2) is 0 Å². The number of nitrogens with zero attached hydrogens (tertiary/aromatic N) is 3. The summed E-state index contributed by atoms with van der Waals surface area (Å²) in [5, 5.41) is 0. The van der Waals surface area contributed by atoms with Crippen LogP contribution in [0.1, 0.15) is 31.4 Å². The molecule has 1 atom stereocenters. The molecule has 2 aliphatic rings. The van der Waals surface area contributed by atoms with Gasteiger partial charge >= 0.3 is 6.18 Å². The first-order valence-corrected chi connectivity index (χ1v) is 7.43. The third kappa shape index (κ3) is 2.73. The average Bonchev–Trinajstić information content (AvgIpc) is 2.44. The molecule has 1 aromatic rings. The fraction of sp³-hybridized carbons (Fsp3) is 0.667. The molecule has 1 saturated heterocycles. The van der Waals surface area contributed by atoms with E-state index >= 15 is 0 Å². The Morgan fingerprint density at radius 2 is 2.05 bits per heavy atom. The summed E-state index contributed by atoms with van der Waals surface area (Å²) in [7, 11) is 0. The van der Waals surface area contributed by atoms with Gasteiger partial charge in [0.25, 0.3) is 0 Å². The van der Waals surface area contributed by atoms with Gasteiger partial charge in [0.05, 0.1) is 5.56 Å². The maximum atomic E-state index is 12.8. The largest absolute Gasteiger partial charge is 0.417 e. The molecule has 0 aromatic carbocycles. The van der Waals surface area contributed by atoms with Crippen LogP contribution in [0.15, 0.2) is 12.3 Å². The number of pyridine rings is 1. The first-order chi connectivity index (χ1) is 9.86. The van der Waals surface area contributed by atoms with Gasteiger partial charge in [-0.25, -0.2) is 4.98 Å². The highest BCUT2D eigenvalue weighted by Crippen LogP contribution is 2.36. The van der Waals surface area contributed by atoms with E-state index in [2.05, 4.69) is 28.6 Å². The summed E-state index contributed by atoms with van der Waals surface area (Å²) in [5.41, 5.74) is 0.0968. The molecule has 3 heterocycles. The smallest absolute Gasteiger partial charge is 0.351 e. The Bertz CT molecular complexity index is 527. The molecule has 0 N–H and O–H groups in total. The van der Waals surface area contributed by atoms with E-state index in [9.17, 15) is 13.2 Å². The van der Waals surface area contributed by atoms with E-state index in [1.165, 1.54) is 6.07 Å². The van der Waals surface area contributed by atoms with Crippen molar-refractivity contribution in [1.29, 1.82) is 0 Å². The number of alkyl halides is 3. The average molecular weight is 299 g/mol. The van der Waals surface area contributed by atoms with Gasteiger partial charge < -0.3 is 4.90 Å². The lowest BCUT2D eigenvalue weighted by atomic mass is 9.95. The summed E-state index contributed by atoms with van der Waals surface area (Å²) in [6.45, 7) is 7.12. The van der Waals surface area contributed by atoms with Crippen molar-refractivity contribution in [2.75, 3.05) is 24.5 Å². The third-order valence-electron chi connectivity index (χ3n) is 4.53. The molecule has 3 rings (SSSR count). The molecular weight excluding hydrogens is 279 g/mol. The number of aryl methyl sites for hydroxylation is 1. The topological polar surface area (TPSA) is 19.4 Å². The lowest BCUT2D eigenvalue weighted by Crippen LogP contribution is -2.56. The minimum Gasteiger partial charge on any atom is -0.351 e. The molecule has 0 spiro atoms. The number of hydrogen-bond acceptors (Lipinski definition) is 3. The van der Waals surface area contributed by atoms with Crippen molar-refractivity contribution in [3.05, 3.63) is 23.4 Å². The standard InChI is InChI=1S/C15H20F3N3/c1-10(2)20-5-6-21-13(9-20)4-3-11-7-12(15(16,17)18)8-19-14(11)21/h7-8,10,13H,3-6,9H2,1-2H3/t13-/m0/s1. The zero-order chi connectivity index (χ0) is 15.2. The number of halogens is 3. The van der Waals surface area contributed by atoms with Crippen molar-refractivity contribution in [2.24, 2.45) is 0 Å². The monoisotopic (exact) mass is 299 g/mol. The molecule has 6 heteroatoms. The van der Waals surface area contributed by atoms with Crippen molar-refractivity contribution < 1.29 is 13.2 Å². The number of rotatable bonds is 1. The molecular formula is C15H20F3N3. The Hall–Kier alpha value is -1.30. The molecule has 21 heavy (non-hydrogen) atoms. The summed E-state index contributed by atoms with van der Waals surface area (Å²) < 4.78 is 38.3. The van der Waals surface area contributed by atoms with Crippen molar-refractivity contribution in [2.45, 2.75) is 44.9 Å². The Morgan fingerprint density at radius 1 is 1.29 bits per heavy atom. The number of fused-ring (bicyclic) bond motifs is 3. The quantitative estimate of drug-likeness (QED) is 0.795. The van der Waals surface area contributed by atoms with E-state index in [-0.39, 0.29) is 0 Å². The SMILES string of the molecule is CC(C)N1CCN2c3ncc(C(F)(F)F)cc3CC[C@H]2C1. The zero-order valence-corrected chi connectivity index (χ0v) is 12.3. The van der Waals surface area contributed by atoms with Crippen LogP contribution in [0.3, 0.4) is 0 Å². The summed E-state index contributed by atoms with van der Waals surface area (Å²) in [6.07, 6.45) is -1.76. The molecule has 0 amide bonds. The van der Waals surface area contributed by atoms with Crippen LogP contribution in [0.4, 0.5) is 19.0 Å². The molecule has 0 saturated carbocycles. The minimum atomic E-state index is -4.31. The van der Waals surface area contributed by atoms with E-state index in [1.807, 2.05) is 0 Å². The van der Waals surface area contributed by atoms with Crippen LogP contribution >= 0.6 is 0 Å². The van der Waals surface area contributed by atoms with Crippen molar-refractivity contribution in [3.8, 4) is 0 Å². The lowest BCUT2D eigenvalue weighted by molar-refractivity contribution is -0.137. The number of anilines is 1. The van der Waals surface area contributed by atoms with Gasteiger partial charge in [0.2, 0.25) is 0 Å². The number of piperazine rings is 1. The Balaban J connectivity index is 1.85. The fourth-order valence-electron chi connectivity index (χ4n) is 3.30. The van der Waals surface area contributed by atoms with Crippen LogP contribution in [0, 0.1) is 0 Å². The normalized spacial score (nSPS) is 23.1. The molecule has 0 unspecified atom stereocenters. The maximum absolute atomic E-state index is 12.8. The van der Waals surface area contributed by atoms with Crippen LogP contribution in [0.5, 0.6) is 0 Å². The van der Waals surface area contributed by atoms with Gasteiger partial charge in [-0.3, -0.25) is 4.90 Å². The second-order valence-corrected chi connectivity index (χ2v) is 6.18. The lowest BCUT2D eigenvalue weighted by Gasteiger charge is -2.46. The van der Waals surface area contributed by atoms with Gasteiger partial charge in [0.1, 0.15) is 5.82 Å². The Morgan fingerprint density at radius 3 is 2.71 bits per heavy atom. The van der Waals surface area contributed by atoms with Gasteiger partial charge in [-0.2, -0.15) is 13.2 Å². The van der Waals surface area contributed by atoms with Crippen LogP contribution < -0.4 is 4.90 Å². The van der Waals surface area contributed by atoms with E-state index in [1.54, 1.807) is 0 Å². The molecule has 1 fully saturated rings. The summed E-state index contributed by atoms with van der Waals surface area (Å²) in [6, 6.07) is 2.15. The minimum absolute atomic E-state index is 0.373. The second kappa shape index (κ2) is 5.16. The van der Waals surface area contributed by atoms with E-state index in [4.69, 9.17) is 0 Å². The molecule has 1 aromatic heterocycles. The number of aromatic nitrogens is 1. The van der Waals surface area contributed by atoms with Crippen LogP contribution in [0.2, 0.25) is 0 Å². The Labute approximate surface area is 122 Å². The zero-order valence-electron chi connectivity index (χ0n) is 12.3. The number of hydrogen-bond donors (Lipinski definition) is 0. The predicted octanol–water partition coefficient (Wildman–Crippen LogP) is 2.95. The second-order valence-electron chi connectivity index (χ2n) is 6.18. The maximum Gasteiger partial charge on any atom is 0.417 e. The van der Waals surface area contributed by atoms with Crippen LogP contribution in [0.25, 0.3) is 0 Å². The van der Waals surface area contributed by atoms with E-state index < -0.39 is 11.7 Å². The van der Waals surface area contributed by atoms with E-state index in [0.717, 1.165) is 43.6 Å². The van der Waals surface area contributed by atoms with Crippen molar-refractivity contribution in [3.63, 3.8) is 0 Å². The molecule has 0 aliphatic carbocycles. The van der Waals surface area contributed by atoms with Gasteiger partial charge in [-0.15, -0.1) is 0 Å². The molecule has 0 radical (unpaired) electrons. The Kier molecular flexibility index (Phi) is 3.59. The molecule has 3 nitrogen and oxygen atoms in total. The highest BCUT2D eigenvalue weighted by molar-refractivity contribution is 5.52. The van der Waals surface area contributed by atoms with Gasteiger partial charge in [-0.1, -0.05) is 0 Å². The summed E-state index contributed by atoms with van der Waals surface area (Å²) in [4.78, 5) is 8.75. The molecule has 0 bridgehead atoms. The first-order valence-electron chi connectivity index (χ1n) is 7.43. The highest BCUT2D eigenvalue weighted by atomic mass is 19.4. The molecule has 2 aliphatic heterocycles. The van der Waals surface area contributed by atoms with Crippen LogP contribution in [-0.4, -0.2) is 41.6 Å². The molecule has 116 valence electrons. The highest BCUT2D eigenvalue weighted by Gasteiger charge is 2.36. The fourth-order valence-corrected chi connectivity index (χ4v) is 3.30. The third-order valence-corrected chi connectivity index (χ3v) is 4.53. The first kappa shape index (κ1) is 14.6. The van der Waals surface area contributed by atoms with Crippen LogP contribution in [-0.2, 0) is 12.6 Å². The predicted molar refractivity (Wildman–Crippen MR) is 75.4 cm³/mol.